The van der Waals surface area contributed by atoms with Crippen molar-refractivity contribution in [3.63, 3.8) is 0 Å². The lowest BCUT2D eigenvalue weighted by Crippen LogP contribution is -2.00. The van der Waals surface area contributed by atoms with Crippen LogP contribution >= 0.6 is 0 Å². The molecule has 13 rings (SSSR count). The number of hydrogen-bond donors (Lipinski definition) is 0. The van der Waals surface area contributed by atoms with Crippen molar-refractivity contribution in [1.82, 2.24) is 15.0 Å². The first-order chi connectivity index (χ1) is 31.7. The largest absolute Gasteiger partial charge is 0.208 e. The maximum absolute atomic E-state index is 5.03. The van der Waals surface area contributed by atoms with Gasteiger partial charge in [0.25, 0.3) is 0 Å². The molecule has 0 unspecified atom stereocenters. The summed E-state index contributed by atoms with van der Waals surface area (Å²) in [6, 6.07) is 80.8. The zero-order chi connectivity index (χ0) is 42.1. The number of rotatable bonds is 6. The molecule has 0 aliphatic heterocycles. The summed E-state index contributed by atoms with van der Waals surface area (Å²) in [4.78, 5) is 15.0. The normalized spacial score (nSPS) is 11.8. The van der Waals surface area contributed by atoms with E-state index in [9.17, 15) is 0 Å². The first kappa shape index (κ1) is 36.2. The molecular formula is C61H37N3. The number of nitrogens with zero attached hydrogens (tertiary/aromatic N) is 3. The summed E-state index contributed by atoms with van der Waals surface area (Å²) < 4.78 is 0. The Hall–Kier alpha value is -8.53. The summed E-state index contributed by atoms with van der Waals surface area (Å²) >= 11 is 0. The third-order valence-corrected chi connectivity index (χ3v) is 13.0. The minimum absolute atomic E-state index is 0.639. The van der Waals surface area contributed by atoms with Gasteiger partial charge in [0.2, 0.25) is 0 Å². The molecule has 3 heteroatoms. The SMILES string of the molecule is c1ccc(-c2ccc(-c3nc(-c4ccccc4)nc(-c4ccc(-c5ccc(-c6cc7ccc8cccc9c%10cccc%11ccc%12cccc(c(c6)c7c89)c%12c%11%10)cc5)cc4)n3)cc2)cc1. The van der Waals surface area contributed by atoms with Crippen molar-refractivity contribution >= 4 is 64.6 Å². The van der Waals surface area contributed by atoms with E-state index in [0.29, 0.717) is 17.5 Å². The lowest BCUT2D eigenvalue weighted by Gasteiger charge is -2.17. The Labute approximate surface area is 370 Å². The van der Waals surface area contributed by atoms with E-state index in [1.165, 1.54) is 81.3 Å². The first-order valence-electron chi connectivity index (χ1n) is 21.8. The summed E-state index contributed by atoms with van der Waals surface area (Å²) in [7, 11) is 0. The molecule has 0 N–H and O–H groups in total. The highest BCUT2D eigenvalue weighted by atomic mass is 15.0. The van der Waals surface area contributed by atoms with Gasteiger partial charge in [0.15, 0.2) is 17.5 Å². The van der Waals surface area contributed by atoms with Crippen molar-refractivity contribution in [3.05, 3.63) is 224 Å². The van der Waals surface area contributed by atoms with Crippen molar-refractivity contribution in [2.45, 2.75) is 0 Å². The second-order valence-electron chi connectivity index (χ2n) is 16.7. The molecule has 0 saturated heterocycles. The Bertz CT molecular complexity index is 3890. The number of fused-ring (bicyclic) bond motifs is 2. The van der Waals surface area contributed by atoms with Gasteiger partial charge < -0.3 is 0 Å². The topological polar surface area (TPSA) is 38.7 Å². The van der Waals surface area contributed by atoms with E-state index in [1.54, 1.807) is 0 Å². The van der Waals surface area contributed by atoms with Crippen LogP contribution in [0.4, 0.5) is 0 Å². The van der Waals surface area contributed by atoms with Crippen molar-refractivity contribution in [2.24, 2.45) is 0 Å². The Kier molecular flexibility index (Phi) is 8.22. The maximum atomic E-state index is 5.03. The van der Waals surface area contributed by atoms with Crippen LogP contribution in [0.1, 0.15) is 0 Å². The predicted molar refractivity (Wildman–Crippen MR) is 269 cm³/mol. The van der Waals surface area contributed by atoms with E-state index >= 15 is 0 Å². The van der Waals surface area contributed by atoms with Crippen molar-refractivity contribution in [1.29, 1.82) is 0 Å². The zero-order valence-electron chi connectivity index (χ0n) is 34.7. The fourth-order valence-electron chi connectivity index (χ4n) is 9.91. The van der Waals surface area contributed by atoms with Crippen LogP contribution in [0.25, 0.3) is 132 Å². The van der Waals surface area contributed by atoms with Gasteiger partial charge in [0.05, 0.1) is 0 Å². The molecule has 0 aliphatic rings. The fraction of sp³-hybridized carbons (Fsp3) is 0. The third kappa shape index (κ3) is 5.94. The minimum atomic E-state index is 0.639. The smallest absolute Gasteiger partial charge is 0.164 e. The highest BCUT2D eigenvalue weighted by molar-refractivity contribution is 6.37. The molecule has 64 heavy (non-hydrogen) atoms. The van der Waals surface area contributed by atoms with Gasteiger partial charge in [-0.2, -0.15) is 0 Å². The molecule has 13 aromatic rings. The molecule has 1 heterocycles. The average molecular weight is 812 g/mol. The van der Waals surface area contributed by atoms with Gasteiger partial charge in [-0.25, -0.2) is 15.0 Å². The Morgan fingerprint density at radius 2 is 0.500 bits per heavy atom. The van der Waals surface area contributed by atoms with Crippen molar-refractivity contribution in [2.75, 3.05) is 0 Å². The van der Waals surface area contributed by atoms with Gasteiger partial charge in [-0.1, -0.05) is 212 Å². The average Bonchev–Trinajstić information content (AvgIpc) is 3.37. The van der Waals surface area contributed by atoms with Gasteiger partial charge in [-0.05, 0) is 110 Å². The van der Waals surface area contributed by atoms with Crippen LogP contribution in [0.15, 0.2) is 224 Å². The summed E-state index contributed by atoms with van der Waals surface area (Å²) in [5.74, 6) is 1.93. The van der Waals surface area contributed by atoms with Crippen LogP contribution in [-0.4, -0.2) is 15.0 Å². The van der Waals surface area contributed by atoms with Gasteiger partial charge in [0.1, 0.15) is 0 Å². The monoisotopic (exact) mass is 811 g/mol. The standard InChI is InChI=1S/C61H37N3/c1-3-10-38(11-4-1)39-24-31-47(32-25-39)60-62-59(46-12-5-2-6-13-46)63-61(64-60)48-33-26-41(27-34-48)40-20-22-42(23-21-40)50-36-49-35-30-45-15-8-18-52-51-17-7-14-43-28-29-44-16-9-19-53(57(44)55(43)51)54(37-50)58(49)56(45)52/h1-37H. The Morgan fingerprint density at radius 1 is 0.188 bits per heavy atom. The molecule has 0 bridgehead atoms. The van der Waals surface area contributed by atoms with Crippen LogP contribution in [0, 0.1) is 0 Å². The van der Waals surface area contributed by atoms with Crippen LogP contribution < -0.4 is 0 Å². The molecule has 0 saturated carbocycles. The van der Waals surface area contributed by atoms with E-state index in [-0.39, 0.29) is 0 Å². The molecule has 0 amide bonds. The van der Waals surface area contributed by atoms with Gasteiger partial charge >= 0.3 is 0 Å². The molecule has 0 radical (unpaired) electrons. The second-order valence-corrected chi connectivity index (χ2v) is 16.7. The molecule has 1 aromatic heterocycles. The highest BCUT2D eigenvalue weighted by Crippen LogP contribution is 2.44. The van der Waals surface area contributed by atoms with Crippen molar-refractivity contribution < 1.29 is 0 Å². The molecule has 0 atom stereocenters. The summed E-state index contributed by atoms with van der Waals surface area (Å²) in [6.45, 7) is 0. The molecule has 296 valence electrons. The molecule has 12 aromatic carbocycles. The minimum Gasteiger partial charge on any atom is -0.208 e. The van der Waals surface area contributed by atoms with Crippen LogP contribution in [0.3, 0.4) is 0 Å². The van der Waals surface area contributed by atoms with E-state index in [4.69, 9.17) is 15.0 Å². The summed E-state index contributed by atoms with van der Waals surface area (Å²) in [6.07, 6.45) is 0. The van der Waals surface area contributed by atoms with Crippen LogP contribution in [0.2, 0.25) is 0 Å². The van der Waals surface area contributed by atoms with Crippen LogP contribution in [-0.2, 0) is 0 Å². The van der Waals surface area contributed by atoms with E-state index in [0.717, 1.165) is 33.4 Å². The van der Waals surface area contributed by atoms with E-state index in [1.807, 2.05) is 36.4 Å². The van der Waals surface area contributed by atoms with Crippen molar-refractivity contribution in [3.8, 4) is 67.5 Å². The van der Waals surface area contributed by atoms with Gasteiger partial charge in [-0.3, -0.25) is 0 Å². The molecule has 3 nitrogen and oxygen atoms in total. The molecular weight excluding hydrogens is 775 g/mol. The highest BCUT2D eigenvalue weighted by Gasteiger charge is 2.17. The summed E-state index contributed by atoms with van der Waals surface area (Å²) in [5.41, 5.74) is 9.81. The van der Waals surface area contributed by atoms with Gasteiger partial charge in [-0.15, -0.1) is 0 Å². The van der Waals surface area contributed by atoms with Crippen LogP contribution in [0.5, 0.6) is 0 Å². The number of aromatic nitrogens is 3. The van der Waals surface area contributed by atoms with E-state index < -0.39 is 0 Å². The zero-order valence-corrected chi connectivity index (χ0v) is 34.7. The van der Waals surface area contributed by atoms with E-state index in [2.05, 4.69) is 188 Å². The quantitative estimate of drug-likeness (QED) is 0.157. The summed E-state index contributed by atoms with van der Waals surface area (Å²) in [5, 5.41) is 15.5. The fourth-order valence-corrected chi connectivity index (χ4v) is 9.91. The maximum Gasteiger partial charge on any atom is 0.164 e. The second kappa shape index (κ2) is 14.5. The third-order valence-electron chi connectivity index (χ3n) is 13.0. The number of hydrogen-bond acceptors (Lipinski definition) is 3. The predicted octanol–water partition coefficient (Wildman–Crippen LogP) is 16.2. The molecule has 0 aliphatic carbocycles. The lowest BCUT2D eigenvalue weighted by molar-refractivity contribution is 1.07. The first-order valence-corrected chi connectivity index (χ1v) is 21.8. The lowest BCUT2D eigenvalue weighted by atomic mass is 9.86. The number of benzene rings is 11. The van der Waals surface area contributed by atoms with Gasteiger partial charge in [0, 0.05) is 16.7 Å². The Balaban J connectivity index is 0.884. The Morgan fingerprint density at radius 3 is 0.938 bits per heavy atom. The molecule has 0 spiro atoms. The molecule has 0 fully saturated rings.